The SMILES string of the molecule is CCCCCCCCCCCCCCCCCCC(=O)OCCCCCCCCCCCCCCCCCC(=O)NC(CO)C(O)CCCCCCCCCCCCCCCC. The molecule has 6 heteroatoms. The van der Waals surface area contributed by atoms with E-state index in [0.29, 0.717) is 25.9 Å². The van der Waals surface area contributed by atoms with E-state index in [2.05, 4.69) is 19.2 Å². The maximum absolute atomic E-state index is 12.5. The molecule has 370 valence electrons. The summed E-state index contributed by atoms with van der Waals surface area (Å²) in [5, 5.41) is 23.2. The quantitative estimate of drug-likeness (QED) is 0.0418. The van der Waals surface area contributed by atoms with Crippen molar-refractivity contribution in [2.24, 2.45) is 0 Å². The van der Waals surface area contributed by atoms with Gasteiger partial charge in [0.15, 0.2) is 0 Å². The molecule has 0 aromatic rings. The molecule has 0 aromatic heterocycles. The molecule has 0 saturated carbocycles. The molecule has 2 unspecified atom stereocenters. The van der Waals surface area contributed by atoms with Gasteiger partial charge in [0.25, 0.3) is 0 Å². The average molecular weight is 879 g/mol. The predicted octanol–water partition coefficient (Wildman–Crippen LogP) is 17.1. The van der Waals surface area contributed by atoms with Crippen LogP contribution in [0, 0.1) is 0 Å². The number of hydrogen-bond acceptors (Lipinski definition) is 5. The molecule has 0 aliphatic heterocycles. The Morgan fingerprint density at radius 2 is 0.661 bits per heavy atom. The second kappa shape index (κ2) is 52.5. The molecule has 6 nitrogen and oxygen atoms in total. The summed E-state index contributed by atoms with van der Waals surface area (Å²) in [6.07, 6.45) is 59.4. The van der Waals surface area contributed by atoms with Crippen molar-refractivity contribution in [3.63, 3.8) is 0 Å². The van der Waals surface area contributed by atoms with Crippen LogP contribution in [0.4, 0.5) is 0 Å². The third-order valence-electron chi connectivity index (χ3n) is 13.4. The van der Waals surface area contributed by atoms with Crippen molar-refractivity contribution >= 4 is 11.9 Å². The number of hydrogen-bond donors (Lipinski definition) is 3. The zero-order valence-corrected chi connectivity index (χ0v) is 42.1. The van der Waals surface area contributed by atoms with Gasteiger partial charge < -0.3 is 20.3 Å². The summed E-state index contributed by atoms with van der Waals surface area (Å²) >= 11 is 0. The summed E-state index contributed by atoms with van der Waals surface area (Å²) < 4.78 is 5.48. The Bertz CT molecular complexity index is 882. The number of aliphatic hydroxyl groups excluding tert-OH is 2. The minimum Gasteiger partial charge on any atom is -0.466 e. The number of amides is 1. The third-order valence-corrected chi connectivity index (χ3v) is 13.4. The van der Waals surface area contributed by atoms with Crippen LogP contribution in [-0.4, -0.2) is 47.4 Å². The first kappa shape index (κ1) is 60.9. The molecule has 0 spiro atoms. The van der Waals surface area contributed by atoms with E-state index < -0.39 is 12.1 Å². The van der Waals surface area contributed by atoms with Crippen LogP contribution in [0.25, 0.3) is 0 Å². The van der Waals surface area contributed by atoms with E-state index in [9.17, 15) is 19.8 Å². The Balaban J connectivity index is 3.40. The minimum atomic E-state index is -0.668. The van der Waals surface area contributed by atoms with Crippen molar-refractivity contribution in [1.82, 2.24) is 5.32 Å². The lowest BCUT2D eigenvalue weighted by Crippen LogP contribution is -2.45. The lowest BCUT2D eigenvalue weighted by atomic mass is 10.0. The Hall–Kier alpha value is -1.14. The number of unbranched alkanes of at least 4 members (excludes halogenated alkanes) is 42. The second-order valence-electron chi connectivity index (χ2n) is 19.6. The molecule has 0 aliphatic carbocycles. The fraction of sp³-hybridized carbons (Fsp3) is 0.964. The highest BCUT2D eigenvalue weighted by molar-refractivity contribution is 5.76. The van der Waals surface area contributed by atoms with Gasteiger partial charge in [-0.2, -0.15) is 0 Å². The Morgan fingerprint density at radius 1 is 0.387 bits per heavy atom. The first-order valence-electron chi connectivity index (χ1n) is 28.3. The monoisotopic (exact) mass is 878 g/mol. The van der Waals surface area contributed by atoms with E-state index in [0.717, 1.165) is 44.9 Å². The van der Waals surface area contributed by atoms with Crippen LogP contribution in [0.5, 0.6) is 0 Å². The molecule has 0 fully saturated rings. The Kier molecular flexibility index (Phi) is 51.5. The molecule has 0 saturated heterocycles. The molecule has 1 amide bonds. The van der Waals surface area contributed by atoms with Gasteiger partial charge in [-0.25, -0.2) is 0 Å². The maximum Gasteiger partial charge on any atom is 0.305 e. The number of esters is 1. The highest BCUT2D eigenvalue weighted by Gasteiger charge is 2.20. The van der Waals surface area contributed by atoms with E-state index >= 15 is 0 Å². The second-order valence-corrected chi connectivity index (χ2v) is 19.6. The van der Waals surface area contributed by atoms with Crippen LogP contribution in [0.3, 0.4) is 0 Å². The summed E-state index contributed by atoms with van der Waals surface area (Å²) in [5.74, 6) is -0.0361. The number of nitrogens with one attached hydrogen (secondary N) is 1. The normalized spacial score (nSPS) is 12.5. The molecule has 0 heterocycles. The van der Waals surface area contributed by atoms with Crippen molar-refractivity contribution in [1.29, 1.82) is 0 Å². The topological polar surface area (TPSA) is 95.9 Å². The van der Waals surface area contributed by atoms with Crippen LogP contribution in [0.2, 0.25) is 0 Å². The number of ether oxygens (including phenoxy) is 1. The van der Waals surface area contributed by atoms with Gasteiger partial charge in [-0.1, -0.05) is 284 Å². The Morgan fingerprint density at radius 3 is 0.984 bits per heavy atom. The van der Waals surface area contributed by atoms with E-state index in [4.69, 9.17) is 4.74 Å². The van der Waals surface area contributed by atoms with Crippen molar-refractivity contribution in [3.05, 3.63) is 0 Å². The van der Waals surface area contributed by atoms with E-state index in [1.165, 1.54) is 244 Å². The van der Waals surface area contributed by atoms with Gasteiger partial charge in [0.1, 0.15) is 0 Å². The molecule has 0 aliphatic rings. The standard InChI is InChI=1S/C56H111NO5/c1-3-5-7-9-11-13-15-17-19-22-26-30-34-38-42-46-50-56(61)62-51-47-43-39-35-31-27-23-20-21-25-29-33-37-41-45-49-55(60)57-53(52-58)54(59)48-44-40-36-32-28-24-18-16-14-12-10-8-6-4-2/h53-54,58-59H,3-52H2,1-2H3,(H,57,60). The van der Waals surface area contributed by atoms with Crippen LogP contribution >= 0.6 is 0 Å². The van der Waals surface area contributed by atoms with Crippen LogP contribution < -0.4 is 5.32 Å². The van der Waals surface area contributed by atoms with Gasteiger partial charge in [-0.3, -0.25) is 9.59 Å². The molecule has 0 radical (unpaired) electrons. The van der Waals surface area contributed by atoms with Gasteiger partial charge >= 0.3 is 5.97 Å². The molecular formula is C56H111NO5. The predicted molar refractivity (Wildman–Crippen MR) is 269 cm³/mol. The molecule has 0 bridgehead atoms. The molecule has 0 rings (SSSR count). The van der Waals surface area contributed by atoms with Crippen molar-refractivity contribution in [2.45, 2.75) is 334 Å². The third kappa shape index (κ3) is 48.3. The highest BCUT2D eigenvalue weighted by Crippen LogP contribution is 2.18. The van der Waals surface area contributed by atoms with Gasteiger partial charge in [-0.15, -0.1) is 0 Å². The molecule has 3 N–H and O–H groups in total. The van der Waals surface area contributed by atoms with Crippen molar-refractivity contribution in [3.8, 4) is 0 Å². The summed E-state index contributed by atoms with van der Waals surface area (Å²) in [4.78, 5) is 24.5. The van der Waals surface area contributed by atoms with E-state index in [1.54, 1.807) is 0 Å². The number of carbonyl (C=O) groups is 2. The maximum atomic E-state index is 12.5. The minimum absolute atomic E-state index is 0.00498. The van der Waals surface area contributed by atoms with Gasteiger partial charge in [-0.05, 0) is 25.7 Å². The zero-order chi connectivity index (χ0) is 45.1. The smallest absolute Gasteiger partial charge is 0.305 e. The number of rotatable bonds is 53. The molecule has 62 heavy (non-hydrogen) atoms. The van der Waals surface area contributed by atoms with Crippen LogP contribution in [-0.2, 0) is 14.3 Å². The highest BCUT2D eigenvalue weighted by atomic mass is 16.5. The van der Waals surface area contributed by atoms with Gasteiger partial charge in [0.2, 0.25) is 5.91 Å². The van der Waals surface area contributed by atoms with Crippen molar-refractivity contribution in [2.75, 3.05) is 13.2 Å². The summed E-state index contributed by atoms with van der Waals surface area (Å²) in [6.45, 7) is 4.96. The molecular weight excluding hydrogens is 767 g/mol. The van der Waals surface area contributed by atoms with E-state index in [1.807, 2.05) is 0 Å². The lowest BCUT2D eigenvalue weighted by Gasteiger charge is -2.22. The largest absolute Gasteiger partial charge is 0.466 e. The summed E-state index contributed by atoms with van der Waals surface area (Å²) in [6, 6.07) is -0.546. The van der Waals surface area contributed by atoms with E-state index in [-0.39, 0.29) is 18.5 Å². The fourth-order valence-electron chi connectivity index (χ4n) is 9.05. The van der Waals surface area contributed by atoms with Crippen molar-refractivity contribution < 1.29 is 24.5 Å². The number of carbonyl (C=O) groups excluding carboxylic acids is 2. The first-order chi connectivity index (χ1) is 30.5. The van der Waals surface area contributed by atoms with Crippen LogP contribution in [0.15, 0.2) is 0 Å². The fourth-order valence-corrected chi connectivity index (χ4v) is 9.05. The number of aliphatic hydroxyl groups is 2. The summed E-state index contributed by atoms with van der Waals surface area (Å²) in [5.41, 5.74) is 0. The first-order valence-corrected chi connectivity index (χ1v) is 28.3. The Labute approximate surface area is 387 Å². The zero-order valence-electron chi connectivity index (χ0n) is 42.1. The molecule has 0 aromatic carbocycles. The molecule has 2 atom stereocenters. The van der Waals surface area contributed by atoms with Gasteiger partial charge in [0, 0.05) is 12.8 Å². The lowest BCUT2D eigenvalue weighted by molar-refractivity contribution is -0.143. The van der Waals surface area contributed by atoms with Crippen LogP contribution in [0.1, 0.15) is 322 Å². The van der Waals surface area contributed by atoms with Gasteiger partial charge in [0.05, 0.1) is 25.4 Å². The average Bonchev–Trinajstić information content (AvgIpc) is 3.27. The summed E-state index contributed by atoms with van der Waals surface area (Å²) in [7, 11) is 0.